The number of benzene rings is 3. The fourth-order valence-electron chi connectivity index (χ4n) is 9.32. The average Bonchev–Trinajstić information content (AvgIpc) is 3.97. The summed E-state index contributed by atoms with van der Waals surface area (Å²) in [6.45, 7) is 6.41. The minimum Gasteiger partial charge on any atom is -0.444 e. The molecule has 3 aliphatic carbocycles. The van der Waals surface area contributed by atoms with Crippen LogP contribution in [0.15, 0.2) is 73.1 Å². The molecule has 3 atom stereocenters. The summed E-state index contributed by atoms with van der Waals surface area (Å²) < 4.78 is 5.68. The molecular weight excluding hydrogens is 619 g/mol. The van der Waals surface area contributed by atoms with Crippen molar-refractivity contribution >= 4 is 6.09 Å². The first-order valence-electron chi connectivity index (χ1n) is 18.8. The van der Waals surface area contributed by atoms with E-state index in [-0.39, 0.29) is 12.1 Å². The number of nitrogens with zero attached hydrogens (tertiary/aromatic N) is 3. The van der Waals surface area contributed by atoms with Crippen molar-refractivity contribution in [2.75, 3.05) is 6.54 Å². The third-order valence-corrected chi connectivity index (χ3v) is 11.7. The zero-order valence-electron chi connectivity index (χ0n) is 29.5. The number of likely N-dealkylation sites (tertiary alicyclic amines) is 1. The first-order valence-corrected chi connectivity index (χ1v) is 18.8. The Hall–Kier alpha value is -4.65. The number of hydrogen-bond acceptors (Lipinski definition) is 4. The van der Waals surface area contributed by atoms with E-state index in [1.54, 1.807) is 11.1 Å². The number of fused-ring (bicyclic) bond motifs is 5. The molecule has 1 aliphatic heterocycles. The van der Waals surface area contributed by atoms with Crippen molar-refractivity contribution in [3.63, 3.8) is 0 Å². The highest BCUT2D eigenvalue weighted by molar-refractivity contribution is 5.82. The molecule has 0 radical (unpaired) electrons. The number of carbonyl (C=O) groups is 1. The predicted molar refractivity (Wildman–Crippen MR) is 198 cm³/mol. The Bertz CT molecular complexity index is 2030. The first-order chi connectivity index (χ1) is 24.3. The minimum absolute atomic E-state index is 0.0921. The quantitative estimate of drug-likeness (QED) is 0.189. The van der Waals surface area contributed by atoms with Gasteiger partial charge in [0.2, 0.25) is 0 Å². The molecule has 7 heteroatoms. The van der Waals surface area contributed by atoms with Gasteiger partial charge in [0.15, 0.2) is 0 Å². The van der Waals surface area contributed by atoms with Crippen LogP contribution < -0.4 is 0 Å². The van der Waals surface area contributed by atoms with Crippen molar-refractivity contribution in [3.8, 4) is 44.8 Å². The number of rotatable bonds is 6. The molecule has 2 N–H and O–H groups in total. The van der Waals surface area contributed by atoms with E-state index in [1.165, 1.54) is 72.8 Å². The summed E-state index contributed by atoms with van der Waals surface area (Å²) in [5.74, 6) is 3.85. The molecule has 1 amide bonds. The highest BCUT2D eigenvalue weighted by atomic mass is 16.6. The van der Waals surface area contributed by atoms with E-state index in [1.807, 2.05) is 38.1 Å². The predicted octanol–water partition coefficient (Wildman–Crippen LogP) is 10.9. The Morgan fingerprint density at radius 1 is 0.660 bits per heavy atom. The second-order valence-corrected chi connectivity index (χ2v) is 16.0. The lowest BCUT2D eigenvalue weighted by molar-refractivity contribution is 0.0218. The van der Waals surface area contributed by atoms with Crippen LogP contribution in [0, 0.1) is 0 Å². The Morgan fingerprint density at radius 2 is 1.18 bits per heavy atom. The maximum absolute atomic E-state index is 12.9. The van der Waals surface area contributed by atoms with Crippen LogP contribution in [0.4, 0.5) is 4.79 Å². The van der Waals surface area contributed by atoms with Crippen LogP contribution >= 0.6 is 0 Å². The number of amides is 1. The van der Waals surface area contributed by atoms with Crippen LogP contribution in [-0.4, -0.2) is 43.1 Å². The van der Waals surface area contributed by atoms with E-state index in [9.17, 15) is 4.79 Å². The number of aromatic amines is 2. The fraction of sp³-hybridized carbons (Fsp3) is 0.419. The van der Waals surface area contributed by atoms with Crippen molar-refractivity contribution in [3.05, 3.63) is 95.8 Å². The first kappa shape index (κ1) is 31.3. The molecule has 9 rings (SSSR count). The molecule has 3 aromatic carbocycles. The Balaban J connectivity index is 0.959. The molecule has 1 saturated heterocycles. The number of imidazole rings is 2. The Morgan fingerprint density at radius 3 is 1.74 bits per heavy atom. The van der Waals surface area contributed by atoms with E-state index in [0.29, 0.717) is 24.3 Å². The van der Waals surface area contributed by atoms with E-state index in [4.69, 9.17) is 14.7 Å². The molecule has 2 saturated carbocycles. The van der Waals surface area contributed by atoms with Gasteiger partial charge in [0.1, 0.15) is 17.2 Å². The van der Waals surface area contributed by atoms with Gasteiger partial charge in [-0.25, -0.2) is 14.8 Å². The van der Waals surface area contributed by atoms with E-state index >= 15 is 0 Å². The van der Waals surface area contributed by atoms with Crippen LogP contribution in [0.2, 0.25) is 0 Å². The lowest BCUT2D eigenvalue weighted by Crippen LogP contribution is -2.36. The number of nitrogens with one attached hydrogen (secondary N) is 2. The highest BCUT2D eigenvalue weighted by Gasteiger charge is 2.40. The molecule has 0 spiro atoms. The summed E-state index contributed by atoms with van der Waals surface area (Å²) in [4.78, 5) is 31.3. The third-order valence-electron chi connectivity index (χ3n) is 11.7. The number of ether oxygens (including phenoxy) is 1. The molecule has 50 heavy (non-hydrogen) atoms. The maximum atomic E-state index is 12.9. The molecule has 3 fully saturated rings. The van der Waals surface area contributed by atoms with Crippen molar-refractivity contribution in [1.82, 2.24) is 24.8 Å². The molecule has 256 valence electrons. The Labute approximate surface area is 294 Å². The standard InChI is InChI=1S/C43H47N5O2/c1-43(2,3)50-42(49)48-22-6-9-37(48)41-45-25-36(47-41)29-16-12-27(13-17-29)34-21-20-33(38-31-18-19-32(23-31)39(34)38)26-10-14-28(15-11-26)35-24-44-40(46-35)30-7-4-5-8-30/h10-17,20-21,24-25,30-32,37H,4-9,18-19,22-23H2,1-3H3,(H,44,46)(H,45,47)/t31?,32?,37-/m0/s1. The normalized spacial score (nSPS) is 21.7. The minimum atomic E-state index is -0.522. The summed E-state index contributed by atoms with van der Waals surface area (Å²) in [6.07, 6.45) is 14.4. The lowest BCUT2D eigenvalue weighted by Gasteiger charge is -2.27. The largest absolute Gasteiger partial charge is 0.444 e. The summed E-state index contributed by atoms with van der Waals surface area (Å²) >= 11 is 0. The monoisotopic (exact) mass is 665 g/mol. The SMILES string of the molecule is CC(C)(C)OC(=O)N1CCC[C@H]1c1ncc(-c2ccc(-c3ccc(-c4ccc(-c5cnc(C6CCCC6)[nH]5)cc4)c4c3C3CCC4C3)cc2)[nH]1. The van der Waals surface area contributed by atoms with Crippen molar-refractivity contribution in [1.29, 1.82) is 0 Å². The molecular formula is C43H47N5O2. The van der Waals surface area contributed by atoms with Gasteiger partial charge in [0.25, 0.3) is 0 Å². The fourth-order valence-corrected chi connectivity index (χ4v) is 9.32. The van der Waals surface area contributed by atoms with Gasteiger partial charge in [-0.05, 0) is 122 Å². The second kappa shape index (κ2) is 12.3. The molecule has 5 aromatic rings. The summed E-state index contributed by atoms with van der Waals surface area (Å²) in [7, 11) is 0. The third kappa shape index (κ3) is 5.65. The topological polar surface area (TPSA) is 86.9 Å². The highest BCUT2D eigenvalue weighted by Crippen LogP contribution is 2.58. The van der Waals surface area contributed by atoms with Gasteiger partial charge >= 0.3 is 6.09 Å². The molecule has 2 unspecified atom stereocenters. The van der Waals surface area contributed by atoms with Crippen molar-refractivity contribution in [2.45, 2.75) is 108 Å². The van der Waals surface area contributed by atoms with Gasteiger partial charge in [-0.2, -0.15) is 0 Å². The smallest absolute Gasteiger partial charge is 0.410 e. The average molecular weight is 666 g/mol. The van der Waals surface area contributed by atoms with Crippen LogP contribution in [0.1, 0.15) is 125 Å². The van der Waals surface area contributed by atoms with Crippen molar-refractivity contribution in [2.24, 2.45) is 0 Å². The molecule has 4 aliphatic rings. The van der Waals surface area contributed by atoms with Crippen LogP contribution in [0.3, 0.4) is 0 Å². The van der Waals surface area contributed by atoms with Gasteiger partial charge < -0.3 is 14.7 Å². The zero-order chi connectivity index (χ0) is 34.0. The number of aromatic nitrogens is 4. The lowest BCUT2D eigenvalue weighted by atomic mass is 9.81. The second-order valence-electron chi connectivity index (χ2n) is 16.0. The summed E-state index contributed by atoms with van der Waals surface area (Å²) in [5, 5.41) is 0. The molecule has 2 bridgehead atoms. The maximum Gasteiger partial charge on any atom is 0.410 e. The molecule has 2 aromatic heterocycles. The van der Waals surface area contributed by atoms with Crippen LogP contribution in [0.5, 0.6) is 0 Å². The van der Waals surface area contributed by atoms with E-state index in [0.717, 1.165) is 41.4 Å². The van der Waals surface area contributed by atoms with Gasteiger partial charge in [-0.3, -0.25) is 4.90 Å². The van der Waals surface area contributed by atoms with Gasteiger partial charge in [-0.15, -0.1) is 0 Å². The zero-order valence-corrected chi connectivity index (χ0v) is 29.5. The van der Waals surface area contributed by atoms with Gasteiger partial charge in [0.05, 0.1) is 29.8 Å². The van der Waals surface area contributed by atoms with E-state index < -0.39 is 5.60 Å². The number of H-pyrrole nitrogens is 2. The van der Waals surface area contributed by atoms with Crippen molar-refractivity contribution < 1.29 is 9.53 Å². The van der Waals surface area contributed by atoms with Crippen LogP contribution in [0.25, 0.3) is 44.8 Å². The van der Waals surface area contributed by atoms with Crippen LogP contribution in [-0.2, 0) is 4.74 Å². The molecule has 7 nitrogen and oxygen atoms in total. The van der Waals surface area contributed by atoms with E-state index in [2.05, 4.69) is 70.6 Å². The summed E-state index contributed by atoms with van der Waals surface area (Å²) in [5.41, 5.74) is 12.3. The Kier molecular flexibility index (Phi) is 7.70. The van der Waals surface area contributed by atoms with Gasteiger partial charge in [0, 0.05) is 12.5 Å². The summed E-state index contributed by atoms with van der Waals surface area (Å²) in [6, 6.07) is 22.7. The number of carbonyl (C=O) groups excluding carboxylic acids is 1. The van der Waals surface area contributed by atoms with Gasteiger partial charge in [-0.1, -0.05) is 73.5 Å². The molecule has 3 heterocycles. The number of hydrogen-bond donors (Lipinski definition) is 2.